The Morgan fingerprint density at radius 1 is 1.31 bits per heavy atom. The molecule has 1 fully saturated rings. The Labute approximate surface area is 78.7 Å². The molecule has 1 heterocycles. The number of hydrogen-bond donors (Lipinski definition) is 1. The van der Waals surface area contributed by atoms with Gasteiger partial charge in [0, 0.05) is 12.1 Å². The van der Waals surface area contributed by atoms with E-state index in [1.54, 1.807) is 0 Å². The summed E-state index contributed by atoms with van der Waals surface area (Å²) >= 11 is 0. The molecule has 2 rings (SSSR count). The zero-order valence-electron chi connectivity index (χ0n) is 7.70. The van der Waals surface area contributed by atoms with E-state index in [-0.39, 0.29) is 5.54 Å². The summed E-state index contributed by atoms with van der Waals surface area (Å²) in [4.78, 5) is 0. The van der Waals surface area contributed by atoms with Crippen molar-refractivity contribution >= 4 is 0 Å². The summed E-state index contributed by atoms with van der Waals surface area (Å²) in [6, 6.07) is 10.4. The van der Waals surface area contributed by atoms with Gasteiger partial charge in [-0.15, -0.1) is 0 Å². The molecule has 1 saturated heterocycles. The molecule has 0 aromatic heterocycles. The molecule has 1 unspecified atom stereocenters. The van der Waals surface area contributed by atoms with Gasteiger partial charge in [-0.1, -0.05) is 30.3 Å². The van der Waals surface area contributed by atoms with Crippen LogP contribution < -0.4 is 5.73 Å². The third-order valence-corrected chi connectivity index (χ3v) is 2.53. The number of ether oxygens (including phenoxy) is 1. The number of hydrogen-bond acceptors (Lipinski definition) is 2. The quantitative estimate of drug-likeness (QED) is 0.740. The van der Waals surface area contributed by atoms with Crippen LogP contribution in [0.3, 0.4) is 0 Å². The zero-order chi connectivity index (χ0) is 9.15. The van der Waals surface area contributed by atoms with Crippen LogP contribution in [0.2, 0.25) is 0 Å². The van der Waals surface area contributed by atoms with Crippen LogP contribution in [0.4, 0.5) is 0 Å². The van der Waals surface area contributed by atoms with Crippen LogP contribution in [-0.2, 0) is 11.2 Å². The van der Waals surface area contributed by atoms with Crippen molar-refractivity contribution in [2.45, 2.75) is 18.4 Å². The molecular weight excluding hydrogens is 162 g/mol. The molecule has 1 aliphatic rings. The molecule has 2 heteroatoms. The van der Waals surface area contributed by atoms with Crippen LogP contribution in [0.5, 0.6) is 0 Å². The van der Waals surface area contributed by atoms with E-state index >= 15 is 0 Å². The number of nitrogens with two attached hydrogens (primary N) is 1. The molecule has 2 nitrogen and oxygen atoms in total. The largest absolute Gasteiger partial charge is 0.379 e. The van der Waals surface area contributed by atoms with E-state index in [0.717, 1.165) is 19.4 Å². The van der Waals surface area contributed by atoms with Crippen LogP contribution >= 0.6 is 0 Å². The Hall–Kier alpha value is -0.860. The van der Waals surface area contributed by atoms with Gasteiger partial charge in [0.2, 0.25) is 0 Å². The maximum absolute atomic E-state index is 6.17. The minimum atomic E-state index is -0.124. The lowest BCUT2D eigenvalue weighted by Gasteiger charge is -2.21. The SMILES string of the molecule is NC1(Cc2ccccc2)CCOC1. The fourth-order valence-electron chi connectivity index (χ4n) is 1.76. The lowest BCUT2D eigenvalue weighted by Crippen LogP contribution is -2.42. The minimum absolute atomic E-state index is 0.124. The molecule has 13 heavy (non-hydrogen) atoms. The van der Waals surface area contributed by atoms with Gasteiger partial charge in [-0.3, -0.25) is 0 Å². The molecule has 0 bridgehead atoms. The molecule has 1 aliphatic heterocycles. The van der Waals surface area contributed by atoms with Gasteiger partial charge in [-0.05, 0) is 18.4 Å². The Morgan fingerprint density at radius 3 is 2.69 bits per heavy atom. The predicted molar refractivity (Wildman–Crippen MR) is 52.5 cm³/mol. The molecular formula is C11H15NO. The molecule has 2 N–H and O–H groups in total. The van der Waals surface area contributed by atoms with Crippen molar-refractivity contribution in [2.75, 3.05) is 13.2 Å². The Bertz CT molecular complexity index is 265. The van der Waals surface area contributed by atoms with Gasteiger partial charge < -0.3 is 10.5 Å². The fraction of sp³-hybridized carbons (Fsp3) is 0.455. The van der Waals surface area contributed by atoms with Crippen LogP contribution in [-0.4, -0.2) is 18.8 Å². The van der Waals surface area contributed by atoms with Crippen LogP contribution in [0, 0.1) is 0 Å². The van der Waals surface area contributed by atoms with Gasteiger partial charge in [0.15, 0.2) is 0 Å². The fourth-order valence-corrected chi connectivity index (χ4v) is 1.76. The summed E-state index contributed by atoms with van der Waals surface area (Å²) in [5.74, 6) is 0. The molecule has 1 atom stereocenters. The van der Waals surface area contributed by atoms with Crippen molar-refractivity contribution in [1.82, 2.24) is 0 Å². The number of rotatable bonds is 2. The van der Waals surface area contributed by atoms with Crippen molar-refractivity contribution in [3.05, 3.63) is 35.9 Å². The monoisotopic (exact) mass is 177 g/mol. The third kappa shape index (κ3) is 2.08. The lowest BCUT2D eigenvalue weighted by molar-refractivity contribution is 0.178. The summed E-state index contributed by atoms with van der Waals surface area (Å²) < 4.78 is 5.31. The average Bonchev–Trinajstić information content (AvgIpc) is 2.54. The highest BCUT2D eigenvalue weighted by molar-refractivity contribution is 5.18. The van der Waals surface area contributed by atoms with E-state index in [1.165, 1.54) is 5.56 Å². The van der Waals surface area contributed by atoms with Gasteiger partial charge in [0.25, 0.3) is 0 Å². The van der Waals surface area contributed by atoms with E-state index in [4.69, 9.17) is 10.5 Å². The van der Waals surface area contributed by atoms with Gasteiger partial charge in [-0.2, -0.15) is 0 Å². The highest BCUT2D eigenvalue weighted by atomic mass is 16.5. The van der Waals surface area contributed by atoms with E-state index in [2.05, 4.69) is 24.3 Å². The molecule has 0 spiro atoms. The van der Waals surface area contributed by atoms with Crippen molar-refractivity contribution in [3.63, 3.8) is 0 Å². The topological polar surface area (TPSA) is 35.2 Å². The molecule has 0 saturated carbocycles. The first-order valence-electron chi connectivity index (χ1n) is 4.69. The maximum atomic E-state index is 6.17. The third-order valence-electron chi connectivity index (χ3n) is 2.53. The van der Waals surface area contributed by atoms with Gasteiger partial charge in [0.05, 0.1) is 6.61 Å². The van der Waals surface area contributed by atoms with Gasteiger partial charge >= 0.3 is 0 Å². The average molecular weight is 177 g/mol. The Kier molecular flexibility index (Phi) is 2.34. The normalized spacial score (nSPS) is 27.8. The van der Waals surface area contributed by atoms with Crippen molar-refractivity contribution in [3.8, 4) is 0 Å². The van der Waals surface area contributed by atoms with Crippen LogP contribution in [0.1, 0.15) is 12.0 Å². The minimum Gasteiger partial charge on any atom is -0.379 e. The van der Waals surface area contributed by atoms with E-state index in [9.17, 15) is 0 Å². The summed E-state index contributed by atoms with van der Waals surface area (Å²) in [6.45, 7) is 1.51. The predicted octanol–water partition coefficient (Wildman–Crippen LogP) is 1.35. The molecule has 70 valence electrons. The van der Waals surface area contributed by atoms with Crippen LogP contribution in [0.15, 0.2) is 30.3 Å². The summed E-state index contributed by atoms with van der Waals surface area (Å²) in [5.41, 5.74) is 7.34. The standard InChI is InChI=1S/C11H15NO/c12-11(6-7-13-9-11)8-10-4-2-1-3-5-10/h1-5H,6-9,12H2. The molecule has 0 aliphatic carbocycles. The molecule has 1 aromatic carbocycles. The molecule has 0 amide bonds. The Balaban J connectivity index is 2.05. The van der Waals surface area contributed by atoms with E-state index in [0.29, 0.717) is 6.61 Å². The molecule has 0 radical (unpaired) electrons. The second-order valence-corrected chi connectivity index (χ2v) is 3.83. The summed E-state index contributed by atoms with van der Waals surface area (Å²) in [6.07, 6.45) is 1.90. The summed E-state index contributed by atoms with van der Waals surface area (Å²) in [7, 11) is 0. The lowest BCUT2D eigenvalue weighted by atomic mass is 9.91. The smallest absolute Gasteiger partial charge is 0.0650 e. The van der Waals surface area contributed by atoms with Crippen molar-refractivity contribution in [2.24, 2.45) is 5.73 Å². The summed E-state index contributed by atoms with van der Waals surface area (Å²) in [5, 5.41) is 0. The van der Waals surface area contributed by atoms with Crippen molar-refractivity contribution in [1.29, 1.82) is 0 Å². The first kappa shape index (κ1) is 8.73. The van der Waals surface area contributed by atoms with Gasteiger partial charge in [-0.25, -0.2) is 0 Å². The Morgan fingerprint density at radius 2 is 2.08 bits per heavy atom. The maximum Gasteiger partial charge on any atom is 0.0650 e. The van der Waals surface area contributed by atoms with E-state index < -0.39 is 0 Å². The van der Waals surface area contributed by atoms with Gasteiger partial charge in [0.1, 0.15) is 0 Å². The highest BCUT2D eigenvalue weighted by Crippen LogP contribution is 2.20. The number of benzene rings is 1. The highest BCUT2D eigenvalue weighted by Gasteiger charge is 2.30. The van der Waals surface area contributed by atoms with Crippen LogP contribution in [0.25, 0.3) is 0 Å². The zero-order valence-corrected chi connectivity index (χ0v) is 7.70. The second-order valence-electron chi connectivity index (χ2n) is 3.83. The molecule has 1 aromatic rings. The van der Waals surface area contributed by atoms with Crippen molar-refractivity contribution < 1.29 is 4.74 Å². The van der Waals surface area contributed by atoms with E-state index in [1.807, 2.05) is 6.07 Å². The second kappa shape index (κ2) is 3.48. The first-order chi connectivity index (χ1) is 6.29. The first-order valence-corrected chi connectivity index (χ1v) is 4.69.